The zero-order chi connectivity index (χ0) is 25.5. The maximum atomic E-state index is 13.6. The van der Waals surface area contributed by atoms with E-state index < -0.39 is 15.9 Å². The highest BCUT2D eigenvalue weighted by atomic mass is 32.2. The van der Waals surface area contributed by atoms with E-state index in [0.717, 1.165) is 27.9 Å². The zero-order valence-corrected chi connectivity index (χ0v) is 20.9. The molecule has 0 saturated heterocycles. The van der Waals surface area contributed by atoms with Crippen LogP contribution in [0.4, 0.5) is 0 Å². The molecule has 1 unspecified atom stereocenters. The number of methoxy groups -OCH3 is 1. The zero-order valence-electron chi connectivity index (χ0n) is 20.1. The van der Waals surface area contributed by atoms with E-state index >= 15 is 0 Å². The van der Waals surface area contributed by atoms with E-state index in [0.29, 0.717) is 0 Å². The van der Waals surface area contributed by atoms with Crippen molar-refractivity contribution >= 4 is 16.0 Å². The fourth-order valence-corrected chi connectivity index (χ4v) is 5.31. The van der Waals surface area contributed by atoms with Crippen LogP contribution in [-0.4, -0.2) is 35.8 Å². The van der Waals surface area contributed by atoms with E-state index in [9.17, 15) is 13.2 Å². The minimum atomic E-state index is -3.79. The number of benzene rings is 3. The maximum absolute atomic E-state index is 13.6. The lowest BCUT2D eigenvalue weighted by molar-refractivity contribution is -0.141. The molecule has 3 aromatic carbocycles. The van der Waals surface area contributed by atoms with Gasteiger partial charge in [-0.2, -0.15) is 4.31 Å². The number of hydrogen-bond acceptors (Lipinski definition) is 6. The van der Waals surface area contributed by atoms with Crippen LogP contribution < -0.4 is 0 Å². The highest BCUT2D eigenvalue weighted by Gasteiger charge is 2.25. The van der Waals surface area contributed by atoms with Crippen LogP contribution in [0.15, 0.2) is 102 Å². The summed E-state index contributed by atoms with van der Waals surface area (Å²) in [5.41, 5.74) is 4.02. The van der Waals surface area contributed by atoms with Gasteiger partial charge in [0.05, 0.1) is 29.8 Å². The summed E-state index contributed by atoms with van der Waals surface area (Å²) >= 11 is 0. The smallest absolute Gasteiger partial charge is 0.312 e. The van der Waals surface area contributed by atoms with Crippen LogP contribution in [0.5, 0.6) is 0 Å². The monoisotopic (exact) mass is 501 g/mol. The Morgan fingerprint density at radius 2 is 1.64 bits per heavy atom. The van der Waals surface area contributed by atoms with E-state index in [1.165, 1.54) is 11.4 Å². The predicted octanol–water partition coefficient (Wildman–Crippen LogP) is 4.81. The summed E-state index contributed by atoms with van der Waals surface area (Å²) < 4.78 is 33.6. The molecule has 1 heterocycles. The minimum Gasteiger partial charge on any atom is -0.469 e. The van der Waals surface area contributed by atoms with Gasteiger partial charge in [0.25, 0.3) is 0 Å². The number of carbonyl (C=O) groups excluding carboxylic acids is 1. The van der Waals surface area contributed by atoms with Crippen LogP contribution in [0.2, 0.25) is 0 Å². The Morgan fingerprint density at radius 1 is 0.917 bits per heavy atom. The molecule has 0 aliphatic heterocycles. The molecule has 0 saturated carbocycles. The Hall–Kier alpha value is -3.88. The van der Waals surface area contributed by atoms with E-state index in [-0.39, 0.29) is 24.0 Å². The van der Waals surface area contributed by atoms with Gasteiger partial charge in [0.1, 0.15) is 0 Å². The summed E-state index contributed by atoms with van der Waals surface area (Å²) in [4.78, 5) is 20.7. The third-order valence-corrected chi connectivity index (χ3v) is 7.72. The van der Waals surface area contributed by atoms with E-state index in [1.807, 2.05) is 48.5 Å². The van der Waals surface area contributed by atoms with Crippen molar-refractivity contribution in [3.63, 3.8) is 0 Å². The van der Waals surface area contributed by atoms with E-state index in [2.05, 4.69) is 9.97 Å². The molecular formula is C28H27N3O4S. The molecule has 36 heavy (non-hydrogen) atoms. The van der Waals surface area contributed by atoms with Crippen molar-refractivity contribution in [1.29, 1.82) is 0 Å². The second-order valence-electron chi connectivity index (χ2n) is 8.36. The average molecular weight is 502 g/mol. The first kappa shape index (κ1) is 25.2. The quantitative estimate of drug-likeness (QED) is 0.306. The van der Waals surface area contributed by atoms with Gasteiger partial charge in [-0.05, 0) is 35.7 Å². The SMILES string of the molecule is COC(=O)C(C)c1cccc(CN(Cc2ccc(-c3cnccn3)cc2)S(=O)(=O)c2ccccc2)c1. The molecular weight excluding hydrogens is 474 g/mol. The van der Waals surface area contributed by atoms with Crippen molar-refractivity contribution in [3.05, 3.63) is 114 Å². The van der Waals surface area contributed by atoms with Gasteiger partial charge in [-0.25, -0.2) is 8.42 Å². The summed E-state index contributed by atoms with van der Waals surface area (Å²) in [5.74, 6) is -0.799. The fourth-order valence-electron chi connectivity index (χ4n) is 3.88. The van der Waals surface area contributed by atoms with Crippen LogP contribution in [0.25, 0.3) is 11.3 Å². The number of ether oxygens (including phenoxy) is 1. The van der Waals surface area contributed by atoms with Crippen molar-refractivity contribution in [1.82, 2.24) is 14.3 Å². The molecule has 0 aliphatic rings. The minimum absolute atomic E-state index is 0.144. The number of carbonyl (C=O) groups is 1. The summed E-state index contributed by atoms with van der Waals surface area (Å²) in [5, 5.41) is 0. The van der Waals surface area contributed by atoms with Crippen LogP contribution >= 0.6 is 0 Å². The molecule has 7 nitrogen and oxygen atoms in total. The molecule has 0 spiro atoms. The van der Waals surface area contributed by atoms with Crippen LogP contribution in [0.1, 0.15) is 29.5 Å². The number of aromatic nitrogens is 2. The third kappa shape index (κ3) is 5.84. The third-order valence-electron chi connectivity index (χ3n) is 5.92. The highest BCUT2D eigenvalue weighted by Crippen LogP contribution is 2.25. The van der Waals surface area contributed by atoms with Crippen molar-refractivity contribution in [2.24, 2.45) is 0 Å². The van der Waals surface area contributed by atoms with Gasteiger partial charge in [0.15, 0.2) is 0 Å². The number of nitrogens with zero attached hydrogens (tertiary/aromatic N) is 3. The van der Waals surface area contributed by atoms with Crippen LogP contribution in [-0.2, 0) is 32.6 Å². The largest absolute Gasteiger partial charge is 0.469 e. The molecule has 184 valence electrons. The van der Waals surface area contributed by atoms with Crippen molar-refractivity contribution in [2.75, 3.05) is 7.11 Å². The first-order valence-corrected chi connectivity index (χ1v) is 12.9. The van der Waals surface area contributed by atoms with Gasteiger partial charge in [-0.3, -0.25) is 14.8 Å². The van der Waals surface area contributed by atoms with Gasteiger partial charge in [0.2, 0.25) is 10.0 Å². The Balaban J connectivity index is 1.64. The molecule has 0 bridgehead atoms. The lowest BCUT2D eigenvalue weighted by Crippen LogP contribution is -2.30. The predicted molar refractivity (Wildman–Crippen MR) is 137 cm³/mol. The second kappa shape index (κ2) is 11.2. The molecule has 0 amide bonds. The Labute approximate surface area is 211 Å². The van der Waals surface area contributed by atoms with Gasteiger partial charge in [-0.15, -0.1) is 0 Å². The first-order valence-electron chi connectivity index (χ1n) is 11.5. The first-order chi connectivity index (χ1) is 17.4. The number of hydrogen-bond donors (Lipinski definition) is 0. The van der Waals surface area contributed by atoms with Crippen molar-refractivity contribution in [3.8, 4) is 11.3 Å². The molecule has 1 atom stereocenters. The summed E-state index contributed by atoms with van der Waals surface area (Å²) in [7, 11) is -2.44. The molecule has 0 aliphatic carbocycles. The highest BCUT2D eigenvalue weighted by molar-refractivity contribution is 7.89. The molecule has 0 fully saturated rings. The average Bonchev–Trinajstić information content (AvgIpc) is 2.93. The summed E-state index contributed by atoms with van der Waals surface area (Å²) in [6.45, 7) is 2.09. The summed E-state index contributed by atoms with van der Waals surface area (Å²) in [6.07, 6.45) is 4.93. The van der Waals surface area contributed by atoms with E-state index in [1.54, 1.807) is 55.8 Å². The van der Waals surface area contributed by atoms with Gasteiger partial charge in [0, 0.05) is 31.0 Å². The van der Waals surface area contributed by atoms with Crippen molar-refractivity contribution < 1.29 is 17.9 Å². The Bertz CT molecular complexity index is 1410. The lowest BCUT2D eigenvalue weighted by Gasteiger charge is -2.23. The Kier molecular flexibility index (Phi) is 7.87. The van der Waals surface area contributed by atoms with E-state index in [4.69, 9.17) is 4.74 Å². The normalized spacial score (nSPS) is 12.3. The van der Waals surface area contributed by atoms with Crippen molar-refractivity contribution in [2.45, 2.75) is 30.8 Å². The Morgan fingerprint density at radius 3 is 2.31 bits per heavy atom. The van der Waals surface area contributed by atoms with Gasteiger partial charge >= 0.3 is 5.97 Å². The number of sulfonamides is 1. The lowest BCUT2D eigenvalue weighted by atomic mass is 9.99. The topological polar surface area (TPSA) is 89.5 Å². The number of rotatable bonds is 9. The standard InChI is InChI=1S/C28H27N3O4S/c1-21(28(32)35-2)25-8-6-7-23(17-25)20-31(36(33,34)26-9-4-3-5-10-26)19-22-11-13-24(14-12-22)27-18-29-15-16-30-27/h3-18,21H,19-20H2,1-2H3. The molecule has 8 heteroatoms. The number of esters is 1. The van der Waals surface area contributed by atoms with Crippen LogP contribution in [0, 0.1) is 0 Å². The second-order valence-corrected chi connectivity index (χ2v) is 10.3. The van der Waals surface area contributed by atoms with Gasteiger partial charge < -0.3 is 4.74 Å². The maximum Gasteiger partial charge on any atom is 0.312 e. The molecule has 1 aromatic heterocycles. The molecule has 0 N–H and O–H groups in total. The summed E-state index contributed by atoms with van der Waals surface area (Å²) in [6, 6.07) is 23.4. The molecule has 0 radical (unpaired) electrons. The fraction of sp³-hybridized carbons (Fsp3) is 0.179. The van der Waals surface area contributed by atoms with Crippen LogP contribution in [0.3, 0.4) is 0 Å². The molecule has 4 rings (SSSR count). The molecule has 4 aromatic rings. The van der Waals surface area contributed by atoms with Gasteiger partial charge in [-0.1, -0.05) is 66.7 Å².